The highest BCUT2D eigenvalue weighted by Gasteiger charge is 2.03. The maximum atomic E-state index is 5.77. The van der Waals surface area contributed by atoms with Gasteiger partial charge in [0.2, 0.25) is 5.13 Å². The van der Waals surface area contributed by atoms with E-state index in [0.29, 0.717) is 16.2 Å². The Kier molecular flexibility index (Phi) is 3.03. The van der Waals surface area contributed by atoms with Gasteiger partial charge in [0.1, 0.15) is 0 Å². The molecule has 0 bridgehead atoms. The first-order valence-electron chi connectivity index (χ1n) is 4.18. The molecule has 6 heteroatoms. The number of hydrogen-bond donors (Lipinski definition) is 1. The van der Waals surface area contributed by atoms with Crippen molar-refractivity contribution in [2.24, 2.45) is 0 Å². The minimum absolute atomic E-state index is 0.372. The van der Waals surface area contributed by atoms with Crippen LogP contribution in [0.3, 0.4) is 0 Å². The minimum atomic E-state index is 0.372. The Bertz CT molecular complexity index is 443. The van der Waals surface area contributed by atoms with Crippen LogP contribution in [0, 0.1) is 0 Å². The fourth-order valence-electron chi connectivity index (χ4n) is 1.00. The molecule has 1 aromatic heterocycles. The van der Waals surface area contributed by atoms with Crippen molar-refractivity contribution < 1.29 is 4.74 Å². The summed E-state index contributed by atoms with van der Waals surface area (Å²) in [6.45, 7) is 0. The second-order valence-corrected chi connectivity index (χ2v) is 3.91. The smallest absolute Gasteiger partial charge is 0.329 e. The molecule has 2 rings (SSSR count). The van der Waals surface area contributed by atoms with Gasteiger partial charge >= 0.3 is 6.01 Å². The lowest BCUT2D eigenvalue weighted by Crippen LogP contribution is -1.89. The zero-order valence-corrected chi connectivity index (χ0v) is 9.47. The van der Waals surface area contributed by atoms with Crippen molar-refractivity contribution in [1.29, 1.82) is 0 Å². The van der Waals surface area contributed by atoms with E-state index in [-0.39, 0.29) is 0 Å². The summed E-state index contributed by atoms with van der Waals surface area (Å²) >= 11 is 7.01. The van der Waals surface area contributed by atoms with Gasteiger partial charge in [0.05, 0.1) is 7.11 Å². The van der Waals surface area contributed by atoms with Crippen LogP contribution in [-0.2, 0) is 0 Å². The zero-order chi connectivity index (χ0) is 10.7. The highest BCUT2D eigenvalue weighted by Crippen LogP contribution is 2.22. The Morgan fingerprint density at radius 2 is 2.07 bits per heavy atom. The molecule has 0 aliphatic rings. The highest BCUT2D eigenvalue weighted by atomic mass is 35.5. The molecule has 0 saturated carbocycles. The Hall–Kier alpha value is -1.33. The first kappa shape index (κ1) is 10.2. The maximum Gasteiger partial charge on any atom is 0.329 e. The van der Waals surface area contributed by atoms with Crippen LogP contribution >= 0.6 is 23.1 Å². The van der Waals surface area contributed by atoms with Crippen LogP contribution in [0.5, 0.6) is 6.01 Å². The summed E-state index contributed by atoms with van der Waals surface area (Å²) in [6.07, 6.45) is 0. The van der Waals surface area contributed by atoms with Crippen LogP contribution in [0.1, 0.15) is 0 Å². The van der Waals surface area contributed by atoms with Crippen LogP contribution in [-0.4, -0.2) is 16.5 Å². The van der Waals surface area contributed by atoms with Gasteiger partial charge in [0.15, 0.2) is 0 Å². The van der Waals surface area contributed by atoms with Gasteiger partial charge in [-0.05, 0) is 24.3 Å². The van der Waals surface area contributed by atoms with E-state index in [1.54, 1.807) is 0 Å². The van der Waals surface area contributed by atoms with Crippen molar-refractivity contribution in [3.05, 3.63) is 29.3 Å². The number of halogens is 1. The van der Waals surface area contributed by atoms with E-state index in [0.717, 1.165) is 5.69 Å². The predicted molar refractivity (Wildman–Crippen MR) is 61.2 cm³/mol. The predicted octanol–water partition coefficient (Wildman–Crippen LogP) is 2.94. The van der Waals surface area contributed by atoms with E-state index < -0.39 is 0 Å². The van der Waals surface area contributed by atoms with Crippen molar-refractivity contribution >= 4 is 34.0 Å². The molecule has 1 aromatic carbocycles. The lowest BCUT2D eigenvalue weighted by Gasteiger charge is -2.00. The van der Waals surface area contributed by atoms with Gasteiger partial charge in [-0.3, -0.25) is 0 Å². The van der Waals surface area contributed by atoms with Gasteiger partial charge in [0, 0.05) is 22.2 Å². The van der Waals surface area contributed by atoms with E-state index in [9.17, 15) is 0 Å². The molecule has 0 aliphatic heterocycles. The minimum Gasteiger partial charge on any atom is -0.466 e. The fraction of sp³-hybridized carbons (Fsp3) is 0.111. The number of hydrogen-bond acceptors (Lipinski definition) is 5. The van der Waals surface area contributed by atoms with Crippen molar-refractivity contribution in [3.8, 4) is 6.01 Å². The molecule has 0 spiro atoms. The summed E-state index contributed by atoms with van der Waals surface area (Å²) in [5.41, 5.74) is 0.915. The molecule has 78 valence electrons. The number of methoxy groups -OCH3 is 1. The summed E-state index contributed by atoms with van der Waals surface area (Å²) in [6, 6.07) is 7.73. The second kappa shape index (κ2) is 4.46. The Balaban J connectivity index is 2.11. The van der Waals surface area contributed by atoms with Gasteiger partial charge in [-0.25, -0.2) is 0 Å². The fourth-order valence-corrected chi connectivity index (χ4v) is 1.69. The molecule has 0 amide bonds. The van der Waals surface area contributed by atoms with Crippen molar-refractivity contribution in [2.75, 3.05) is 12.4 Å². The molecular weight excluding hydrogens is 234 g/mol. The molecule has 0 fully saturated rings. The number of aromatic nitrogens is 2. The highest BCUT2D eigenvalue weighted by molar-refractivity contribution is 7.09. The van der Waals surface area contributed by atoms with E-state index in [1.807, 2.05) is 24.3 Å². The van der Waals surface area contributed by atoms with Gasteiger partial charge in [-0.15, -0.1) is 4.37 Å². The Morgan fingerprint density at radius 1 is 1.33 bits per heavy atom. The van der Waals surface area contributed by atoms with Gasteiger partial charge < -0.3 is 10.1 Å². The van der Waals surface area contributed by atoms with Gasteiger partial charge in [0.25, 0.3) is 0 Å². The molecule has 1 heterocycles. The van der Waals surface area contributed by atoms with E-state index in [4.69, 9.17) is 16.3 Å². The molecule has 15 heavy (non-hydrogen) atoms. The molecule has 4 nitrogen and oxygen atoms in total. The van der Waals surface area contributed by atoms with Crippen LogP contribution in [0.15, 0.2) is 24.3 Å². The van der Waals surface area contributed by atoms with Crippen molar-refractivity contribution in [3.63, 3.8) is 0 Å². The summed E-state index contributed by atoms with van der Waals surface area (Å²) in [7, 11) is 1.54. The SMILES string of the molecule is COc1nsc(Nc2ccc(Cl)cc2)n1. The van der Waals surface area contributed by atoms with Gasteiger partial charge in [-0.1, -0.05) is 11.6 Å². The number of nitrogens with zero attached hydrogens (tertiary/aromatic N) is 2. The lowest BCUT2D eigenvalue weighted by atomic mass is 10.3. The maximum absolute atomic E-state index is 5.77. The third-order valence-electron chi connectivity index (χ3n) is 1.69. The molecule has 2 aromatic rings. The van der Waals surface area contributed by atoms with Crippen molar-refractivity contribution in [2.45, 2.75) is 0 Å². The van der Waals surface area contributed by atoms with Crippen molar-refractivity contribution in [1.82, 2.24) is 9.36 Å². The average Bonchev–Trinajstić information content (AvgIpc) is 2.69. The van der Waals surface area contributed by atoms with E-state index in [1.165, 1.54) is 18.6 Å². The largest absolute Gasteiger partial charge is 0.466 e. The molecular formula is C9H8ClN3OS. The molecule has 0 atom stereocenters. The van der Waals surface area contributed by atoms with E-state index >= 15 is 0 Å². The molecule has 1 N–H and O–H groups in total. The standard InChI is InChI=1S/C9H8ClN3OS/c1-14-8-12-9(15-13-8)11-7-4-2-6(10)3-5-7/h2-5H,1H3,(H,11,12,13). The lowest BCUT2D eigenvalue weighted by molar-refractivity contribution is 0.386. The number of ether oxygens (including phenoxy) is 1. The van der Waals surface area contributed by atoms with Crippen LogP contribution in [0.2, 0.25) is 5.02 Å². The Morgan fingerprint density at radius 3 is 2.67 bits per heavy atom. The third-order valence-corrected chi connectivity index (χ3v) is 2.55. The topological polar surface area (TPSA) is 47.0 Å². The molecule has 0 unspecified atom stereocenters. The third kappa shape index (κ3) is 2.57. The summed E-state index contributed by atoms with van der Waals surface area (Å²) < 4.78 is 8.85. The zero-order valence-electron chi connectivity index (χ0n) is 7.90. The second-order valence-electron chi connectivity index (χ2n) is 2.72. The van der Waals surface area contributed by atoms with Crippen LogP contribution < -0.4 is 10.1 Å². The molecule has 0 aliphatic carbocycles. The number of rotatable bonds is 3. The summed E-state index contributed by atoms with van der Waals surface area (Å²) in [4.78, 5) is 4.09. The van der Waals surface area contributed by atoms with Crippen LogP contribution in [0.4, 0.5) is 10.8 Å². The number of benzene rings is 1. The molecule has 0 saturated heterocycles. The summed E-state index contributed by atoms with van der Waals surface area (Å²) in [5, 5.41) is 4.49. The van der Waals surface area contributed by atoms with Gasteiger partial charge in [-0.2, -0.15) is 4.98 Å². The normalized spacial score (nSPS) is 10.0. The monoisotopic (exact) mass is 241 g/mol. The number of anilines is 2. The average molecular weight is 242 g/mol. The first-order chi connectivity index (χ1) is 7.28. The van der Waals surface area contributed by atoms with Crippen LogP contribution in [0.25, 0.3) is 0 Å². The quantitative estimate of drug-likeness (QED) is 0.898. The summed E-state index contributed by atoms with van der Waals surface area (Å²) in [5.74, 6) is 0. The molecule has 0 radical (unpaired) electrons. The van der Waals surface area contributed by atoms with E-state index in [2.05, 4.69) is 14.7 Å². The first-order valence-corrected chi connectivity index (χ1v) is 5.33. The number of nitrogens with one attached hydrogen (secondary N) is 1. The Labute approximate surface area is 96.0 Å².